The summed E-state index contributed by atoms with van der Waals surface area (Å²) in [5, 5.41) is 11.5. The molecule has 2 bridgehead atoms. The third kappa shape index (κ3) is 3.29. The molecule has 7 rings (SSSR count). The molecule has 2 aliphatic heterocycles. The van der Waals surface area contributed by atoms with E-state index in [1.54, 1.807) is 4.52 Å². The van der Waals surface area contributed by atoms with Gasteiger partial charge in [-0.2, -0.15) is 19.6 Å². The van der Waals surface area contributed by atoms with Crippen LogP contribution in [0.25, 0.3) is 16.7 Å². The lowest BCUT2D eigenvalue weighted by atomic mass is 10.2. The number of anilines is 2. The first-order valence-corrected chi connectivity index (χ1v) is 11.4. The molecule has 3 fully saturated rings. The Morgan fingerprint density at radius 2 is 1.79 bits per heavy atom. The van der Waals surface area contributed by atoms with E-state index in [1.165, 1.54) is 12.8 Å². The highest BCUT2D eigenvalue weighted by Crippen LogP contribution is 2.42. The summed E-state index contributed by atoms with van der Waals surface area (Å²) >= 11 is 0. The smallest absolute Gasteiger partial charge is 0.230 e. The summed E-state index contributed by atoms with van der Waals surface area (Å²) in [5.41, 5.74) is 2.83. The van der Waals surface area contributed by atoms with Crippen LogP contribution in [0.4, 0.5) is 20.7 Å². The topological polar surface area (TPSA) is 99.1 Å². The highest BCUT2D eigenvalue weighted by atomic mass is 19.2. The van der Waals surface area contributed by atoms with Crippen molar-refractivity contribution in [3.63, 3.8) is 0 Å². The number of aromatic amines is 1. The van der Waals surface area contributed by atoms with E-state index in [0.717, 1.165) is 49.3 Å². The largest absolute Gasteiger partial charge is 0.347 e. The van der Waals surface area contributed by atoms with Crippen LogP contribution in [0.15, 0.2) is 18.3 Å². The zero-order valence-electron chi connectivity index (χ0n) is 17.9. The molecule has 11 heteroatoms. The molecule has 1 saturated carbocycles. The number of nitrogens with zero attached hydrogens (tertiary/aromatic N) is 6. The van der Waals surface area contributed by atoms with Crippen molar-refractivity contribution in [3.05, 3.63) is 41.4 Å². The molecule has 1 aliphatic carbocycles. The molecule has 2 unspecified atom stereocenters. The minimum Gasteiger partial charge on any atom is -0.347 e. The van der Waals surface area contributed by atoms with Gasteiger partial charge in [-0.05, 0) is 31.6 Å². The zero-order valence-corrected chi connectivity index (χ0v) is 17.9. The van der Waals surface area contributed by atoms with E-state index >= 15 is 0 Å². The van der Waals surface area contributed by atoms with E-state index in [9.17, 15) is 8.78 Å². The minimum atomic E-state index is -0.912. The standard InChI is InChI=1S/C22H23F2N9/c23-15-5-17-18(6-16(15)24)29-19(28-17)8-25-21-31-22(32-9-12-3-4-13(10-32)27-12)30-20-14(11-1-2-11)7-26-33(20)21/h5-7,11-13,27H,1-4,8-10H2,(H,28,29)(H,25,30,31). The van der Waals surface area contributed by atoms with E-state index in [-0.39, 0.29) is 0 Å². The number of aromatic nitrogens is 6. The Labute approximate surface area is 187 Å². The van der Waals surface area contributed by atoms with Gasteiger partial charge in [0, 0.05) is 42.9 Å². The van der Waals surface area contributed by atoms with Crippen LogP contribution in [-0.2, 0) is 6.54 Å². The van der Waals surface area contributed by atoms with Crippen LogP contribution in [0.1, 0.15) is 43.0 Å². The quantitative estimate of drug-likeness (QED) is 0.429. The van der Waals surface area contributed by atoms with Gasteiger partial charge in [0.15, 0.2) is 17.3 Å². The van der Waals surface area contributed by atoms with Crippen LogP contribution in [0, 0.1) is 11.6 Å². The van der Waals surface area contributed by atoms with Crippen molar-refractivity contribution in [3.8, 4) is 0 Å². The minimum absolute atomic E-state index is 0.300. The van der Waals surface area contributed by atoms with Crippen LogP contribution >= 0.6 is 0 Å². The SMILES string of the molecule is Fc1cc2nc(CNc3nc(N4CC5CCC(C4)N5)nc4c(C5CC5)cnn34)[nH]c2cc1F. The summed E-state index contributed by atoms with van der Waals surface area (Å²) in [5.74, 6) is 0.535. The lowest BCUT2D eigenvalue weighted by Crippen LogP contribution is -2.51. The molecule has 0 spiro atoms. The van der Waals surface area contributed by atoms with Crippen molar-refractivity contribution in [2.45, 2.75) is 50.2 Å². The second-order valence-electron chi connectivity index (χ2n) is 9.32. The summed E-state index contributed by atoms with van der Waals surface area (Å²) in [7, 11) is 0. The van der Waals surface area contributed by atoms with Gasteiger partial charge in [-0.1, -0.05) is 0 Å². The number of H-pyrrole nitrogens is 1. The molecule has 5 heterocycles. The Morgan fingerprint density at radius 1 is 1.00 bits per heavy atom. The van der Waals surface area contributed by atoms with E-state index in [4.69, 9.17) is 9.97 Å². The Morgan fingerprint density at radius 3 is 2.58 bits per heavy atom. The highest BCUT2D eigenvalue weighted by Gasteiger charge is 2.34. The average molecular weight is 451 g/mol. The van der Waals surface area contributed by atoms with Crippen LogP contribution in [-0.4, -0.2) is 54.7 Å². The van der Waals surface area contributed by atoms with Crippen molar-refractivity contribution >= 4 is 28.6 Å². The first-order valence-electron chi connectivity index (χ1n) is 11.4. The number of hydrogen-bond donors (Lipinski definition) is 3. The molecule has 1 aromatic carbocycles. The molecular formula is C22H23F2N9. The van der Waals surface area contributed by atoms with E-state index < -0.39 is 11.6 Å². The van der Waals surface area contributed by atoms with Gasteiger partial charge in [-0.25, -0.2) is 13.8 Å². The fraction of sp³-hybridized carbons (Fsp3) is 0.455. The van der Waals surface area contributed by atoms with Crippen LogP contribution in [0.2, 0.25) is 0 Å². The second-order valence-corrected chi connectivity index (χ2v) is 9.32. The maximum absolute atomic E-state index is 13.6. The number of hydrogen-bond acceptors (Lipinski definition) is 7. The molecule has 0 amide bonds. The Bertz CT molecular complexity index is 1320. The predicted molar refractivity (Wildman–Crippen MR) is 118 cm³/mol. The maximum atomic E-state index is 13.6. The van der Waals surface area contributed by atoms with Gasteiger partial charge in [0.05, 0.1) is 23.8 Å². The van der Waals surface area contributed by atoms with Crippen LogP contribution in [0.3, 0.4) is 0 Å². The Kier molecular flexibility index (Phi) is 4.11. The summed E-state index contributed by atoms with van der Waals surface area (Å²) < 4.78 is 28.9. The molecule has 4 aromatic rings. The molecule has 0 radical (unpaired) electrons. The fourth-order valence-corrected chi connectivity index (χ4v) is 5.09. The van der Waals surface area contributed by atoms with E-state index in [1.807, 2.05) is 6.20 Å². The van der Waals surface area contributed by atoms with E-state index in [2.05, 4.69) is 30.6 Å². The summed E-state index contributed by atoms with van der Waals surface area (Å²) in [6, 6.07) is 3.17. The Hall–Kier alpha value is -3.34. The van der Waals surface area contributed by atoms with Crippen molar-refractivity contribution < 1.29 is 8.78 Å². The molecule has 3 aliphatic rings. The van der Waals surface area contributed by atoms with Gasteiger partial charge in [-0.3, -0.25) is 0 Å². The van der Waals surface area contributed by atoms with Crippen molar-refractivity contribution in [1.29, 1.82) is 0 Å². The number of nitrogens with one attached hydrogen (secondary N) is 3. The second kappa shape index (κ2) is 7.08. The molecule has 170 valence electrons. The molecule has 9 nitrogen and oxygen atoms in total. The monoisotopic (exact) mass is 451 g/mol. The molecule has 3 aromatic heterocycles. The number of imidazole rings is 1. The molecule has 2 atom stereocenters. The van der Waals surface area contributed by atoms with Gasteiger partial charge in [-0.15, -0.1) is 0 Å². The highest BCUT2D eigenvalue weighted by molar-refractivity contribution is 5.75. The number of rotatable bonds is 5. The first kappa shape index (κ1) is 19.2. The van der Waals surface area contributed by atoms with Gasteiger partial charge < -0.3 is 20.5 Å². The van der Waals surface area contributed by atoms with Crippen LogP contribution in [0.5, 0.6) is 0 Å². The molecular weight excluding hydrogens is 428 g/mol. The fourth-order valence-electron chi connectivity index (χ4n) is 5.09. The normalized spacial score (nSPS) is 22.5. The molecule has 33 heavy (non-hydrogen) atoms. The van der Waals surface area contributed by atoms with Gasteiger partial charge in [0.2, 0.25) is 11.9 Å². The third-order valence-corrected chi connectivity index (χ3v) is 6.89. The predicted octanol–water partition coefficient (Wildman–Crippen LogP) is 2.71. The van der Waals surface area contributed by atoms with Gasteiger partial charge in [0.1, 0.15) is 5.82 Å². The van der Waals surface area contributed by atoms with Crippen molar-refractivity contribution in [2.24, 2.45) is 0 Å². The van der Waals surface area contributed by atoms with Gasteiger partial charge in [0.25, 0.3) is 0 Å². The van der Waals surface area contributed by atoms with Crippen molar-refractivity contribution in [2.75, 3.05) is 23.3 Å². The summed E-state index contributed by atoms with van der Waals surface area (Å²) in [6.07, 6.45) is 6.58. The zero-order chi connectivity index (χ0) is 22.1. The van der Waals surface area contributed by atoms with Gasteiger partial charge >= 0.3 is 0 Å². The number of fused-ring (bicyclic) bond motifs is 4. The summed E-state index contributed by atoms with van der Waals surface area (Å²) in [4.78, 5) is 19.4. The van der Waals surface area contributed by atoms with E-state index in [0.29, 0.717) is 53.3 Å². The average Bonchev–Trinajstić information content (AvgIpc) is 3.30. The van der Waals surface area contributed by atoms with Crippen molar-refractivity contribution in [1.82, 2.24) is 34.9 Å². The number of benzene rings is 1. The number of halogens is 2. The van der Waals surface area contributed by atoms with Crippen LogP contribution < -0.4 is 15.5 Å². The molecule has 2 saturated heterocycles. The maximum Gasteiger partial charge on any atom is 0.230 e. The summed E-state index contributed by atoms with van der Waals surface area (Å²) in [6.45, 7) is 2.08. The lowest BCUT2D eigenvalue weighted by molar-refractivity contribution is 0.460. The Balaban J connectivity index is 1.23. The third-order valence-electron chi connectivity index (χ3n) is 6.89. The molecule has 3 N–H and O–H groups in total. The first-order chi connectivity index (χ1) is 16.1. The lowest BCUT2D eigenvalue weighted by Gasteiger charge is -2.33. The number of piperazine rings is 1.